The fraction of sp³-hybridized carbons (Fsp3) is 0.667. The van der Waals surface area contributed by atoms with Gasteiger partial charge in [0.2, 0.25) is 0 Å². The van der Waals surface area contributed by atoms with Crippen LogP contribution in [0, 0.1) is 0 Å². The molecule has 6 nitrogen and oxygen atoms in total. The molecule has 0 aromatic carbocycles. The van der Waals surface area contributed by atoms with Gasteiger partial charge in [0.25, 0.3) is 0 Å². The predicted octanol–water partition coefficient (Wildman–Crippen LogP) is 1.13. The van der Waals surface area contributed by atoms with Crippen molar-refractivity contribution in [2.75, 3.05) is 31.6 Å². The zero-order valence-electron chi connectivity index (χ0n) is 10.7. The molecule has 1 aromatic rings. The molecule has 3 rings (SSSR count). The largest absolute Gasteiger partial charge is 0.374 e. The highest BCUT2D eigenvalue weighted by Gasteiger charge is 2.32. The summed E-state index contributed by atoms with van der Waals surface area (Å²) < 4.78 is 5.67. The molecular weight excluding hydrogens is 264 g/mol. The van der Waals surface area contributed by atoms with E-state index in [9.17, 15) is 4.79 Å². The quantitative estimate of drug-likeness (QED) is 0.869. The first-order valence-electron chi connectivity index (χ1n) is 6.61. The Morgan fingerprint density at radius 3 is 3.21 bits per heavy atom. The smallest absolute Gasteiger partial charge is 0.321 e. The first kappa shape index (κ1) is 12.8. The van der Waals surface area contributed by atoms with Gasteiger partial charge in [0.15, 0.2) is 5.13 Å². The maximum absolute atomic E-state index is 11.7. The van der Waals surface area contributed by atoms with Crippen LogP contribution in [0.2, 0.25) is 0 Å². The number of aromatic nitrogens is 1. The molecule has 1 saturated carbocycles. The molecule has 19 heavy (non-hydrogen) atoms. The van der Waals surface area contributed by atoms with E-state index in [1.165, 1.54) is 24.2 Å². The van der Waals surface area contributed by atoms with Crippen LogP contribution < -0.4 is 10.6 Å². The molecule has 2 fully saturated rings. The zero-order chi connectivity index (χ0) is 13.1. The van der Waals surface area contributed by atoms with Crippen molar-refractivity contribution in [2.45, 2.75) is 25.0 Å². The minimum Gasteiger partial charge on any atom is -0.374 e. The summed E-state index contributed by atoms with van der Waals surface area (Å²) in [5.74, 6) is 0. The van der Waals surface area contributed by atoms with Gasteiger partial charge in [-0.2, -0.15) is 0 Å². The van der Waals surface area contributed by atoms with E-state index in [1.807, 2.05) is 5.38 Å². The number of morpholine rings is 1. The van der Waals surface area contributed by atoms with Crippen molar-refractivity contribution in [1.82, 2.24) is 15.2 Å². The summed E-state index contributed by atoms with van der Waals surface area (Å²) in [5, 5.41) is 7.97. The van der Waals surface area contributed by atoms with Crippen molar-refractivity contribution >= 4 is 22.5 Å². The Kier molecular flexibility index (Phi) is 3.95. The summed E-state index contributed by atoms with van der Waals surface area (Å²) in [7, 11) is 0. The lowest BCUT2D eigenvalue weighted by molar-refractivity contribution is -0.0286. The van der Waals surface area contributed by atoms with Gasteiger partial charge in [-0.05, 0) is 12.8 Å². The van der Waals surface area contributed by atoms with Crippen molar-refractivity contribution < 1.29 is 9.53 Å². The van der Waals surface area contributed by atoms with Crippen LogP contribution in [0.15, 0.2) is 11.6 Å². The summed E-state index contributed by atoms with van der Waals surface area (Å²) >= 11 is 1.40. The van der Waals surface area contributed by atoms with Crippen LogP contribution in [-0.2, 0) is 4.74 Å². The second-order valence-corrected chi connectivity index (χ2v) is 5.79. The minimum atomic E-state index is -0.220. The third-order valence-corrected chi connectivity index (χ3v) is 4.07. The first-order valence-corrected chi connectivity index (χ1v) is 7.49. The molecule has 0 spiro atoms. The number of carbonyl (C=O) groups excluding carboxylic acids is 1. The molecule has 1 aromatic heterocycles. The number of hydrogen-bond acceptors (Lipinski definition) is 5. The van der Waals surface area contributed by atoms with Crippen molar-refractivity contribution in [1.29, 1.82) is 0 Å². The molecule has 2 aliphatic rings. The molecule has 0 radical (unpaired) electrons. The van der Waals surface area contributed by atoms with Crippen LogP contribution >= 0.6 is 11.3 Å². The average Bonchev–Trinajstić information content (AvgIpc) is 3.16. The number of nitrogens with zero attached hydrogens (tertiary/aromatic N) is 2. The summed E-state index contributed by atoms with van der Waals surface area (Å²) in [4.78, 5) is 18.1. The Morgan fingerprint density at radius 2 is 2.47 bits per heavy atom. The van der Waals surface area contributed by atoms with Gasteiger partial charge in [-0.3, -0.25) is 10.2 Å². The lowest BCUT2D eigenvalue weighted by Gasteiger charge is -2.33. The van der Waals surface area contributed by atoms with Crippen LogP contribution in [0.4, 0.5) is 9.93 Å². The standard InChI is InChI=1S/C12H18N4O2S/c17-11(15-12-13-3-6-19-12)14-7-10-8-16(4-5-18-10)9-1-2-9/h3,6,9-10H,1-2,4-5,7-8H2,(H2,13,14,15,17)/t10-/m0/s1. The molecule has 1 saturated heterocycles. The van der Waals surface area contributed by atoms with Crippen molar-refractivity contribution in [3.05, 3.63) is 11.6 Å². The third kappa shape index (κ3) is 3.65. The second-order valence-electron chi connectivity index (χ2n) is 4.89. The molecule has 104 valence electrons. The molecule has 2 amide bonds. The van der Waals surface area contributed by atoms with E-state index < -0.39 is 0 Å². The summed E-state index contributed by atoms with van der Waals surface area (Å²) in [6.45, 7) is 3.24. The van der Waals surface area contributed by atoms with Crippen LogP contribution in [0.25, 0.3) is 0 Å². The number of amides is 2. The minimum absolute atomic E-state index is 0.0939. The van der Waals surface area contributed by atoms with Crippen molar-refractivity contribution in [3.8, 4) is 0 Å². The number of nitrogens with one attached hydrogen (secondary N) is 2. The van der Waals surface area contributed by atoms with E-state index in [4.69, 9.17) is 4.74 Å². The lowest BCUT2D eigenvalue weighted by atomic mass is 10.2. The molecular formula is C12H18N4O2S. The predicted molar refractivity (Wildman–Crippen MR) is 73.5 cm³/mol. The van der Waals surface area contributed by atoms with Gasteiger partial charge in [-0.25, -0.2) is 9.78 Å². The van der Waals surface area contributed by atoms with Crippen molar-refractivity contribution in [2.24, 2.45) is 0 Å². The van der Waals surface area contributed by atoms with Gasteiger partial charge >= 0.3 is 6.03 Å². The highest BCUT2D eigenvalue weighted by molar-refractivity contribution is 7.13. The van der Waals surface area contributed by atoms with Gasteiger partial charge in [-0.1, -0.05) is 0 Å². The van der Waals surface area contributed by atoms with E-state index >= 15 is 0 Å². The summed E-state index contributed by atoms with van der Waals surface area (Å²) in [6, 6.07) is 0.539. The van der Waals surface area contributed by atoms with E-state index in [2.05, 4.69) is 20.5 Å². The third-order valence-electron chi connectivity index (χ3n) is 3.38. The monoisotopic (exact) mass is 282 g/mol. The van der Waals surface area contributed by atoms with Gasteiger partial charge in [-0.15, -0.1) is 11.3 Å². The fourth-order valence-corrected chi connectivity index (χ4v) is 2.79. The molecule has 1 atom stereocenters. The SMILES string of the molecule is O=C(NC[C@H]1CN(C2CC2)CCO1)Nc1nccs1. The van der Waals surface area contributed by atoms with Gasteiger partial charge in [0.1, 0.15) is 0 Å². The summed E-state index contributed by atoms with van der Waals surface area (Å²) in [5.41, 5.74) is 0. The van der Waals surface area contributed by atoms with Gasteiger partial charge in [0.05, 0.1) is 12.7 Å². The van der Waals surface area contributed by atoms with E-state index in [1.54, 1.807) is 6.20 Å². The van der Waals surface area contributed by atoms with Crippen LogP contribution in [0.1, 0.15) is 12.8 Å². The fourth-order valence-electron chi connectivity index (χ4n) is 2.27. The molecule has 2 heterocycles. The van der Waals surface area contributed by atoms with Crippen LogP contribution in [0.5, 0.6) is 0 Å². The Hall–Kier alpha value is -1.18. The normalized spacial score (nSPS) is 24.1. The number of ether oxygens (including phenoxy) is 1. The van der Waals surface area contributed by atoms with Gasteiger partial charge < -0.3 is 10.1 Å². The Bertz CT molecular complexity index is 421. The molecule has 0 bridgehead atoms. The topological polar surface area (TPSA) is 66.5 Å². The highest BCUT2D eigenvalue weighted by Crippen LogP contribution is 2.28. The maximum atomic E-state index is 11.7. The van der Waals surface area contributed by atoms with E-state index in [0.29, 0.717) is 11.7 Å². The Morgan fingerprint density at radius 1 is 1.58 bits per heavy atom. The van der Waals surface area contributed by atoms with Crippen molar-refractivity contribution in [3.63, 3.8) is 0 Å². The average molecular weight is 282 g/mol. The van der Waals surface area contributed by atoms with E-state index in [0.717, 1.165) is 25.7 Å². The van der Waals surface area contributed by atoms with Crippen LogP contribution in [0.3, 0.4) is 0 Å². The number of urea groups is 1. The second kappa shape index (κ2) is 5.85. The molecule has 2 N–H and O–H groups in total. The zero-order valence-corrected chi connectivity index (χ0v) is 11.5. The number of anilines is 1. The maximum Gasteiger partial charge on any atom is 0.321 e. The molecule has 0 unspecified atom stereocenters. The number of rotatable bonds is 4. The van der Waals surface area contributed by atoms with Gasteiger partial charge in [0, 0.05) is 37.3 Å². The Labute approximate surface area is 116 Å². The van der Waals surface area contributed by atoms with E-state index in [-0.39, 0.29) is 12.1 Å². The molecule has 1 aliphatic carbocycles. The number of carbonyl (C=O) groups is 1. The number of thiazole rings is 1. The van der Waals surface area contributed by atoms with Crippen LogP contribution in [-0.4, -0.2) is 54.3 Å². The molecule has 1 aliphatic heterocycles. The molecule has 7 heteroatoms. The highest BCUT2D eigenvalue weighted by atomic mass is 32.1. The first-order chi connectivity index (χ1) is 9.31. The Balaban J connectivity index is 1.40. The summed E-state index contributed by atoms with van der Waals surface area (Å²) in [6.07, 6.45) is 4.38. The number of hydrogen-bond donors (Lipinski definition) is 2. The lowest BCUT2D eigenvalue weighted by Crippen LogP contribution is -2.48.